The van der Waals surface area contributed by atoms with Crippen molar-refractivity contribution in [2.24, 2.45) is 0 Å². The van der Waals surface area contributed by atoms with Crippen molar-refractivity contribution in [1.82, 2.24) is 20.2 Å². The van der Waals surface area contributed by atoms with Gasteiger partial charge in [0.2, 0.25) is 0 Å². The van der Waals surface area contributed by atoms with E-state index in [9.17, 15) is 4.79 Å². The molecule has 4 rings (SSSR count). The minimum absolute atomic E-state index is 0.0162. The molecule has 1 aliphatic rings. The number of hydrogen-bond donors (Lipinski definition) is 1. The van der Waals surface area contributed by atoms with Gasteiger partial charge >= 0.3 is 0 Å². The first-order valence-corrected chi connectivity index (χ1v) is 10.3. The lowest BCUT2D eigenvalue weighted by Gasteiger charge is -2.35. The molecule has 1 aliphatic heterocycles. The second-order valence-electron chi connectivity index (χ2n) is 7.60. The van der Waals surface area contributed by atoms with Crippen molar-refractivity contribution in [1.29, 1.82) is 0 Å². The fraction of sp³-hybridized carbons (Fsp3) is 0.292. The first-order chi connectivity index (χ1) is 14.7. The van der Waals surface area contributed by atoms with Gasteiger partial charge in [0, 0.05) is 63.4 Å². The number of amides is 1. The SMILES string of the molecule is CN(CCc1ccncc1)C(=O)c1ccnc(N2CCN[C@@H](c3ccccc3)C2)c1. The molecule has 154 valence electrons. The van der Waals surface area contributed by atoms with Gasteiger partial charge in [0.1, 0.15) is 5.82 Å². The molecule has 0 aliphatic carbocycles. The molecule has 0 radical (unpaired) electrons. The van der Waals surface area contributed by atoms with Gasteiger partial charge in [-0.25, -0.2) is 4.98 Å². The van der Waals surface area contributed by atoms with Crippen LogP contribution in [0, 0.1) is 0 Å². The third-order valence-corrected chi connectivity index (χ3v) is 5.53. The fourth-order valence-corrected chi connectivity index (χ4v) is 3.76. The van der Waals surface area contributed by atoms with Gasteiger partial charge in [0.25, 0.3) is 5.91 Å². The number of rotatable bonds is 6. The molecule has 1 fully saturated rings. The molecule has 1 atom stereocenters. The normalized spacial score (nSPS) is 16.3. The topological polar surface area (TPSA) is 61.4 Å². The van der Waals surface area contributed by atoms with Crippen LogP contribution in [-0.2, 0) is 6.42 Å². The average Bonchev–Trinajstić information content (AvgIpc) is 2.83. The Labute approximate surface area is 177 Å². The number of hydrogen-bond acceptors (Lipinski definition) is 5. The number of carbonyl (C=O) groups excluding carboxylic acids is 1. The molecule has 6 heteroatoms. The van der Waals surface area contributed by atoms with Crippen LogP contribution < -0.4 is 10.2 Å². The van der Waals surface area contributed by atoms with E-state index in [0.29, 0.717) is 12.1 Å². The van der Waals surface area contributed by atoms with Crippen LogP contribution in [0.2, 0.25) is 0 Å². The maximum Gasteiger partial charge on any atom is 0.253 e. The highest BCUT2D eigenvalue weighted by molar-refractivity contribution is 5.94. The third kappa shape index (κ3) is 4.83. The summed E-state index contributed by atoms with van der Waals surface area (Å²) >= 11 is 0. The summed E-state index contributed by atoms with van der Waals surface area (Å²) in [5.74, 6) is 0.869. The van der Waals surface area contributed by atoms with E-state index in [1.165, 1.54) is 11.1 Å². The van der Waals surface area contributed by atoms with E-state index in [1.54, 1.807) is 29.6 Å². The van der Waals surface area contributed by atoms with Crippen LogP contribution in [0.4, 0.5) is 5.82 Å². The van der Waals surface area contributed by atoms with Gasteiger partial charge in [-0.2, -0.15) is 0 Å². The Morgan fingerprint density at radius 2 is 1.93 bits per heavy atom. The van der Waals surface area contributed by atoms with E-state index < -0.39 is 0 Å². The van der Waals surface area contributed by atoms with Crippen molar-refractivity contribution in [2.75, 3.05) is 38.1 Å². The first-order valence-electron chi connectivity index (χ1n) is 10.3. The molecule has 1 aromatic carbocycles. The fourth-order valence-electron chi connectivity index (χ4n) is 3.76. The Morgan fingerprint density at radius 1 is 1.13 bits per heavy atom. The van der Waals surface area contributed by atoms with Crippen LogP contribution in [0.25, 0.3) is 0 Å². The number of anilines is 1. The summed E-state index contributed by atoms with van der Waals surface area (Å²) in [5.41, 5.74) is 3.12. The van der Waals surface area contributed by atoms with Crippen LogP contribution in [0.5, 0.6) is 0 Å². The van der Waals surface area contributed by atoms with Crippen molar-refractivity contribution in [3.05, 3.63) is 89.9 Å². The molecular weight excluding hydrogens is 374 g/mol. The van der Waals surface area contributed by atoms with E-state index in [0.717, 1.165) is 31.9 Å². The highest BCUT2D eigenvalue weighted by atomic mass is 16.2. The average molecular weight is 402 g/mol. The highest BCUT2D eigenvalue weighted by Gasteiger charge is 2.22. The van der Waals surface area contributed by atoms with E-state index in [4.69, 9.17) is 0 Å². The smallest absolute Gasteiger partial charge is 0.253 e. The Hall–Kier alpha value is -3.25. The minimum atomic E-state index is 0.0162. The zero-order valence-electron chi connectivity index (χ0n) is 17.2. The van der Waals surface area contributed by atoms with Crippen LogP contribution in [0.15, 0.2) is 73.2 Å². The van der Waals surface area contributed by atoms with Gasteiger partial charge in [-0.1, -0.05) is 30.3 Å². The van der Waals surface area contributed by atoms with Crippen molar-refractivity contribution < 1.29 is 4.79 Å². The van der Waals surface area contributed by atoms with Crippen molar-refractivity contribution in [3.63, 3.8) is 0 Å². The minimum Gasteiger partial charge on any atom is -0.353 e. The molecule has 0 unspecified atom stereocenters. The maximum atomic E-state index is 12.9. The zero-order chi connectivity index (χ0) is 20.8. The summed E-state index contributed by atoms with van der Waals surface area (Å²) < 4.78 is 0. The lowest BCUT2D eigenvalue weighted by atomic mass is 10.0. The summed E-state index contributed by atoms with van der Waals surface area (Å²) in [7, 11) is 1.85. The number of likely N-dealkylation sites (N-methyl/N-ethyl adjacent to an activating group) is 1. The van der Waals surface area contributed by atoms with Gasteiger partial charge in [-0.3, -0.25) is 9.78 Å². The van der Waals surface area contributed by atoms with Crippen molar-refractivity contribution in [3.8, 4) is 0 Å². The van der Waals surface area contributed by atoms with Gasteiger partial charge < -0.3 is 15.1 Å². The molecule has 1 N–H and O–H groups in total. The van der Waals surface area contributed by atoms with Crippen LogP contribution in [-0.4, -0.2) is 54.0 Å². The summed E-state index contributed by atoms with van der Waals surface area (Å²) in [6.07, 6.45) is 6.10. The number of carbonyl (C=O) groups is 1. The van der Waals surface area contributed by atoms with Crippen molar-refractivity contribution >= 4 is 11.7 Å². The molecule has 2 aromatic heterocycles. The molecule has 1 saturated heterocycles. The van der Waals surface area contributed by atoms with E-state index in [1.807, 2.05) is 31.3 Å². The summed E-state index contributed by atoms with van der Waals surface area (Å²) in [4.78, 5) is 25.5. The molecule has 0 spiro atoms. The number of pyridine rings is 2. The van der Waals surface area contributed by atoms with Gasteiger partial charge in [-0.15, -0.1) is 0 Å². The second-order valence-corrected chi connectivity index (χ2v) is 7.60. The lowest BCUT2D eigenvalue weighted by molar-refractivity contribution is 0.0796. The molecule has 6 nitrogen and oxygen atoms in total. The predicted molar refractivity (Wildman–Crippen MR) is 119 cm³/mol. The maximum absolute atomic E-state index is 12.9. The quantitative estimate of drug-likeness (QED) is 0.688. The van der Waals surface area contributed by atoms with E-state index in [-0.39, 0.29) is 11.9 Å². The third-order valence-electron chi connectivity index (χ3n) is 5.53. The van der Waals surface area contributed by atoms with Gasteiger partial charge in [0.15, 0.2) is 0 Å². The summed E-state index contributed by atoms with van der Waals surface area (Å²) in [6.45, 7) is 3.23. The number of nitrogens with zero attached hydrogens (tertiary/aromatic N) is 4. The Balaban J connectivity index is 1.42. The zero-order valence-corrected chi connectivity index (χ0v) is 17.2. The molecule has 30 heavy (non-hydrogen) atoms. The lowest BCUT2D eigenvalue weighted by Crippen LogP contribution is -2.46. The largest absolute Gasteiger partial charge is 0.353 e. The van der Waals surface area contributed by atoms with Crippen LogP contribution in [0.3, 0.4) is 0 Å². The summed E-state index contributed by atoms with van der Waals surface area (Å²) in [6, 6.07) is 18.4. The molecule has 1 amide bonds. The standard InChI is InChI=1S/C24H27N5O/c1-28(15-10-19-7-11-25-12-8-19)24(30)21-9-13-27-23(17-21)29-16-14-26-22(18-29)20-5-3-2-4-6-20/h2-9,11-13,17,22,26H,10,14-16,18H2,1H3/t22-/m1/s1. The Morgan fingerprint density at radius 3 is 2.73 bits per heavy atom. The van der Waals surface area contributed by atoms with E-state index >= 15 is 0 Å². The van der Waals surface area contributed by atoms with Gasteiger partial charge in [0.05, 0.1) is 0 Å². The first kappa shape index (κ1) is 20.0. The van der Waals surface area contributed by atoms with Gasteiger partial charge in [-0.05, 0) is 41.8 Å². The summed E-state index contributed by atoms with van der Waals surface area (Å²) in [5, 5.41) is 3.57. The number of benzene rings is 1. The molecule has 3 heterocycles. The van der Waals surface area contributed by atoms with E-state index in [2.05, 4.69) is 44.5 Å². The number of piperazine rings is 1. The molecule has 0 bridgehead atoms. The Kier molecular flexibility index (Phi) is 6.35. The van der Waals surface area contributed by atoms with Crippen LogP contribution in [0.1, 0.15) is 27.5 Å². The monoisotopic (exact) mass is 401 g/mol. The molecule has 3 aromatic rings. The van der Waals surface area contributed by atoms with Crippen molar-refractivity contribution in [2.45, 2.75) is 12.5 Å². The second kappa shape index (κ2) is 9.50. The van der Waals surface area contributed by atoms with Crippen LogP contribution >= 0.6 is 0 Å². The molecule has 0 saturated carbocycles. The molecular formula is C24H27N5O. The number of aromatic nitrogens is 2. The Bertz CT molecular complexity index is 964. The number of nitrogens with one attached hydrogen (secondary N) is 1. The highest BCUT2D eigenvalue weighted by Crippen LogP contribution is 2.22. The predicted octanol–water partition coefficient (Wildman–Crippen LogP) is 2.94.